The quantitative estimate of drug-likeness (QED) is 0.795. The third-order valence-corrected chi connectivity index (χ3v) is 3.82. The molecule has 0 aliphatic carbocycles. The Balaban J connectivity index is 1.90. The van der Waals surface area contributed by atoms with Crippen LogP contribution < -0.4 is 10.2 Å². The molecule has 8 nitrogen and oxygen atoms in total. The maximum Gasteiger partial charge on any atom is 0.341 e. The summed E-state index contributed by atoms with van der Waals surface area (Å²) in [6, 6.07) is 5.15. The number of rotatable bonds is 6. The molecular weight excluding hydrogens is 336 g/mol. The van der Waals surface area contributed by atoms with E-state index in [1.807, 2.05) is 31.1 Å². The molecule has 0 bridgehead atoms. The van der Waals surface area contributed by atoms with Crippen LogP contribution in [-0.4, -0.2) is 50.1 Å². The van der Waals surface area contributed by atoms with Gasteiger partial charge >= 0.3 is 12.0 Å². The van der Waals surface area contributed by atoms with Crippen LogP contribution in [0.1, 0.15) is 27.4 Å². The summed E-state index contributed by atoms with van der Waals surface area (Å²) in [5.74, 6) is 1.37. The summed E-state index contributed by atoms with van der Waals surface area (Å²) < 4.78 is 10.2. The number of hydrogen-bond donors (Lipinski definition) is 1. The van der Waals surface area contributed by atoms with Crippen molar-refractivity contribution < 1.29 is 18.7 Å². The van der Waals surface area contributed by atoms with Crippen molar-refractivity contribution in [1.29, 1.82) is 0 Å². The Morgan fingerprint density at radius 2 is 2.00 bits per heavy atom. The smallest absolute Gasteiger partial charge is 0.341 e. The summed E-state index contributed by atoms with van der Waals surface area (Å²) in [7, 11) is 6.80. The largest absolute Gasteiger partial charge is 0.465 e. The molecule has 0 aromatic carbocycles. The van der Waals surface area contributed by atoms with Crippen molar-refractivity contribution >= 4 is 17.8 Å². The second kappa shape index (κ2) is 8.37. The minimum Gasteiger partial charge on any atom is -0.465 e. The average Bonchev–Trinajstić information content (AvgIpc) is 2.99. The van der Waals surface area contributed by atoms with Gasteiger partial charge in [0.25, 0.3) is 0 Å². The summed E-state index contributed by atoms with van der Waals surface area (Å²) in [6.07, 6.45) is 1.73. The molecule has 0 atom stereocenters. The van der Waals surface area contributed by atoms with Crippen LogP contribution in [-0.2, 0) is 17.8 Å². The van der Waals surface area contributed by atoms with Crippen molar-refractivity contribution in [2.45, 2.75) is 20.0 Å². The Kier molecular flexibility index (Phi) is 6.21. The zero-order valence-corrected chi connectivity index (χ0v) is 15.7. The van der Waals surface area contributed by atoms with Crippen molar-refractivity contribution in [2.75, 3.05) is 33.2 Å². The number of carbonyl (C=O) groups excluding carboxylic acids is 2. The highest BCUT2D eigenvalue weighted by molar-refractivity contribution is 5.90. The molecule has 2 aromatic heterocycles. The average molecular weight is 360 g/mol. The van der Waals surface area contributed by atoms with Crippen LogP contribution in [0.3, 0.4) is 0 Å². The number of nitrogens with one attached hydrogen (secondary N) is 1. The lowest BCUT2D eigenvalue weighted by molar-refractivity contribution is 0.0598. The molecule has 0 fully saturated rings. The van der Waals surface area contributed by atoms with Crippen LogP contribution >= 0.6 is 0 Å². The summed E-state index contributed by atoms with van der Waals surface area (Å²) in [5.41, 5.74) is 1.27. The van der Waals surface area contributed by atoms with Gasteiger partial charge in [-0.25, -0.2) is 14.6 Å². The van der Waals surface area contributed by atoms with E-state index >= 15 is 0 Å². The number of nitrogens with zero attached hydrogens (tertiary/aromatic N) is 3. The molecule has 0 saturated heterocycles. The normalized spacial score (nSPS) is 10.3. The fourth-order valence-corrected chi connectivity index (χ4v) is 2.34. The van der Waals surface area contributed by atoms with Crippen LogP contribution in [0.15, 0.2) is 28.8 Å². The van der Waals surface area contributed by atoms with Crippen LogP contribution in [0.5, 0.6) is 0 Å². The zero-order chi connectivity index (χ0) is 19.3. The first-order valence-electron chi connectivity index (χ1n) is 8.10. The molecule has 2 rings (SSSR count). The van der Waals surface area contributed by atoms with Crippen LogP contribution in [0, 0.1) is 6.92 Å². The van der Waals surface area contributed by atoms with E-state index < -0.39 is 5.97 Å². The van der Waals surface area contributed by atoms with Gasteiger partial charge in [-0.3, -0.25) is 0 Å². The third-order valence-electron chi connectivity index (χ3n) is 3.82. The number of esters is 1. The molecule has 26 heavy (non-hydrogen) atoms. The number of pyridine rings is 1. The first-order valence-corrected chi connectivity index (χ1v) is 8.10. The lowest BCUT2D eigenvalue weighted by Gasteiger charge is -2.17. The van der Waals surface area contributed by atoms with Gasteiger partial charge in [-0.15, -0.1) is 0 Å². The summed E-state index contributed by atoms with van der Waals surface area (Å²) >= 11 is 0. The second-order valence-corrected chi connectivity index (χ2v) is 6.11. The van der Waals surface area contributed by atoms with Gasteiger partial charge in [-0.2, -0.15) is 0 Å². The molecule has 140 valence electrons. The van der Waals surface area contributed by atoms with Crippen LogP contribution in [0.4, 0.5) is 10.6 Å². The molecule has 2 aromatic rings. The number of methoxy groups -OCH3 is 1. The van der Waals surface area contributed by atoms with Crippen molar-refractivity contribution in [3.8, 4) is 0 Å². The third kappa shape index (κ3) is 4.75. The highest BCUT2D eigenvalue weighted by Gasteiger charge is 2.17. The zero-order valence-electron chi connectivity index (χ0n) is 15.7. The van der Waals surface area contributed by atoms with Gasteiger partial charge in [0.2, 0.25) is 0 Å². The highest BCUT2D eigenvalue weighted by atomic mass is 16.5. The number of ether oxygens (including phenoxy) is 1. The molecule has 1 N–H and O–H groups in total. The number of amides is 2. The first-order chi connectivity index (χ1) is 12.3. The number of carbonyl (C=O) groups is 2. The van der Waals surface area contributed by atoms with Gasteiger partial charge in [0.15, 0.2) is 0 Å². The number of furan rings is 1. The van der Waals surface area contributed by atoms with Crippen molar-refractivity contribution in [3.63, 3.8) is 0 Å². The number of aromatic nitrogens is 1. The predicted octanol–water partition coefficient (Wildman–Crippen LogP) is 2.18. The van der Waals surface area contributed by atoms with Crippen LogP contribution in [0.25, 0.3) is 0 Å². The summed E-state index contributed by atoms with van der Waals surface area (Å²) in [5, 5.41) is 2.82. The minimum atomic E-state index is -0.460. The van der Waals surface area contributed by atoms with Crippen LogP contribution in [0.2, 0.25) is 0 Å². The maximum absolute atomic E-state index is 12.2. The summed E-state index contributed by atoms with van der Waals surface area (Å²) in [4.78, 5) is 31.5. The van der Waals surface area contributed by atoms with E-state index in [-0.39, 0.29) is 12.6 Å². The number of anilines is 1. The van der Waals surface area contributed by atoms with E-state index in [1.165, 1.54) is 12.0 Å². The van der Waals surface area contributed by atoms with E-state index in [0.717, 1.165) is 11.4 Å². The summed E-state index contributed by atoms with van der Waals surface area (Å²) in [6.45, 7) is 2.29. The molecule has 2 heterocycles. The SMILES string of the molecule is COC(=O)c1cc(CN(C)C(=O)NCc2ccc(N(C)C)nc2)oc1C. The molecule has 2 amide bonds. The maximum atomic E-state index is 12.2. The van der Waals surface area contributed by atoms with E-state index in [2.05, 4.69) is 10.3 Å². The second-order valence-electron chi connectivity index (χ2n) is 6.11. The molecule has 0 aliphatic heterocycles. The highest BCUT2D eigenvalue weighted by Crippen LogP contribution is 2.17. The number of urea groups is 1. The van der Waals surface area contributed by atoms with Gasteiger partial charge in [-0.05, 0) is 24.6 Å². The molecule has 0 spiro atoms. The van der Waals surface area contributed by atoms with Gasteiger partial charge in [0.1, 0.15) is 22.9 Å². The van der Waals surface area contributed by atoms with Gasteiger partial charge < -0.3 is 24.3 Å². The van der Waals surface area contributed by atoms with E-state index in [9.17, 15) is 9.59 Å². The Labute approximate surface area is 152 Å². The standard InChI is InChI=1S/C18H24N4O4/c1-12-15(17(23)25-5)8-14(26-12)11-22(4)18(24)20-10-13-6-7-16(19-9-13)21(2)3/h6-9H,10-11H2,1-5H3,(H,20,24). The molecule has 8 heteroatoms. The van der Waals surface area contributed by atoms with E-state index in [4.69, 9.17) is 9.15 Å². The van der Waals surface area contributed by atoms with Gasteiger partial charge in [0, 0.05) is 33.9 Å². The first kappa shape index (κ1) is 19.3. The van der Waals surface area contributed by atoms with Gasteiger partial charge in [-0.1, -0.05) is 6.07 Å². The lowest BCUT2D eigenvalue weighted by atomic mass is 10.2. The van der Waals surface area contributed by atoms with Crippen molar-refractivity contribution in [2.24, 2.45) is 0 Å². The fourth-order valence-electron chi connectivity index (χ4n) is 2.34. The molecule has 0 aliphatic rings. The molecule has 0 unspecified atom stereocenters. The van der Waals surface area contributed by atoms with E-state index in [0.29, 0.717) is 23.6 Å². The topological polar surface area (TPSA) is 87.9 Å². The molecular formula is C18H24N4O4. The Morgan fingerprint density at radius 3 is 2.58 bits per heavy atom. The van der Waals surface area contributed by atoms with Crippen molar-refractivity contribution in [1.82, 2.24) is 15.2 Å². The molecule has 0 saturated carbocycles. The lowest BCUT2D eigenvalue weighted by Crippen LogP contribution is -2.36. The van der Waals surface area contributed by atoms with Crippen molar-refractivity contribution in [3.05, 3.63) is 47.0 Å². The molecule has 0 radical (unpaired) electrons. The monoisotopic (exact) mass is 360 g/mol. The predicted molar refractivity (Wildman–Crippen MR) is 97.1 cm³/mol. The fraction of sp³-hybridized carbons (Fsp3) is 0.389. The number of hydrogen-bond acceptors (Lipinski definition) is 6. The Bertz CT molecular complexity index is 768. The Hall–Kier alpha value is -3.03. The minimum absolute atomic E-state index is 0.238. The number of aryl methyl sites for hydroxylation is 1. The van der Waals surface area contributed by atoms with Gasteiger partial charge in [0.05, 0.1) is 13.7 Å². The van der Waals surface area contributed by atoms with E-state index in [1.54, 1.807) is 26.2 Å². The Morgan fingerprint density at radius 1 is 1.27 bits per heavy atom.